The van der Waals surface area contributed by atoms with Crippen LogP contribution in [0.4, 0.5) is 0 Å². The maximum absolute atomic E-state index is 6.13. The predicted octanol–water partition coefficient (Wildman–Crippen LogP) is 2.90. The summed E-state index contributed by atoms with van der Waals surface area (Å²) in [6.45, 7) is 4.40. The van der Waals surface area contributed by atoms with Crippen LogP contribution in [0.25, 0.3) is 0 Å². The van der Waals surface area contributed by atoms with Gasteiger partial charge in [0.1, 0.15) is 0 Å². The van der Waals surface area contributed by atoms with Gasteiger partial charge in [0.25, 0.3) is 0 Å². The molecule has 0 amide bonds. The fourth-order valence-corrected chi connectivity index (χ4v) is 2.55. The van der Waals surface area contributed by atoms with E-state index in [1.165, 1.54) is 36.0 Å². The number of nitrogens with two attached hydrogens (primary N) is 1. The first-order valence-electron chi connectivity index (χ1n) is 5.52. The highest BCUT2D eigenvalue weighted by Crippen LogP contribution is 2.35. The minimum Gasteiger partial charge on any atom is -0.327 e. The van der Waals surface area contributed by atoms with Gasteiger partial charge in [0, 0.05) is 6.04 Å². The van der Waals surface area contributed by atoms with E-state index in [2.05, 4.69) is 32.0 Å². The van der Waals surface area contributed by atoms with Crippen molar-refractivity contribution in [3.8, 4) is 0 Å². The summed E-state index contributed by atoms with van der Waals surface area (Å²) in [6, 6.07) is 6.97. The summed E-state index contributed by atoms with van der Waals surface area (Å²) in [6.07, 6.45) is 3.75. The molecule has 1 nitrogen and oxygen atoms in total. The molecule has 1 aliphatic carbocycles. The van der Waals surface area contributed by atoms with E-state index in [0.717, 1.165) is 0 Å². The molecule has 76 valence electrons. The minimum atomic E-state index is 0.385. The third-order valence-electron chi connectivity index (χ3n) is 3.62. The largest absolute Gasteiger partial charge is 0.327 e. The molecule has 2 N–H and O–H groups in total. The zero-order chi connectivity index (χ0) is 10.1. The van der Waals surface area contributed by atoms with Gasteiger partial charge in [-0.1, -0.05) is 24.6 Å². The summed E-state index contributed by atoms with van der Waals surface area (Å²) in [5.74, 6) is 0.606. The number of hydrogen-bond donors (Lipinski definition) is 1. The lowest BCUT2D eigenvalue weighted by atomic mass is 9.89. The maximum Gasteiger partial charge on any atom is 0.0108 e. The molecule has 2 rings (SSSR count). The van der Waals surface area contributed by atoms with Gasteiger partial charge in [0.05, 0.1) is 0 Å². The molecule has 0 aromatic heterocycles. The van der Waals surface area contributed by atoms with Gasteiger partial charge in [-0.05, 0) is 49.3 Å². The highest BCUT2D eigenvalue weighted by atomic mass is 14.7. The average Bonchev–Trinajstić information content (AvgIpc) is 2.57. The quantitative estimate of drug-likeness (QED) is 0.722. The van der Waals surface area contributed by atoms with E-state index in [0.29, 0.717) is 12.0 Å². The molecule has 1 fully saturated rings. The van der Waals surface area contributed by atoms with Gasteiger partial charge in [-0.15, -0.1) is 0 Å². The second-order valence-corrected chi connectivity index (χ2v) is 4.49. The van der Waals surface area contributed by atoms with E-state index in [1.807, 2.05) is 0 Å². The van der Waals surface area contributed by atoms with Crippen molar-refractivity contribution in [3.05, 3.63) is 34.9 Å². The SMILES string of the molecule is Cc1cccc(C2CCCC2N)c1C. The molecule has 0 bridgehead atoms. The summed E-state index contributed by atoms with van der Waals surface area (Å²) in [5, 5.41) is 0. The van der Waals surface area contributed by atoms with Gasteiger partial charge in [-0.25, -0.2) is 0 Å². The van der Waals surface area contributed by atoms with Crippen molar-refractivity contribution in [2.45, 2.75) is 45.1 Å². The van der Waals surface area contributed by atoms with Crippen molar-refractivity contribution in [1.82, 2.24) is 0 Å². The molecule has 1 aromatic carbocycles. The van der Waals surface area contributed by atoms with Gasteiger partial charge < -0.3 is 5.73 Å². The van der Waals surface area contributed by atoms with E-state index in [9.17, 15) is 0 Å². The highest BCUT2D eigenvalue weighted by molar-refractivity contribution is 5.36. The standard InChI is InChI=1S/C13H19N/c1-9-5-3-6-11(10(9)2)12-7-4-8-13(12)14/h3,5-6,12-13H,4,7-8,14H2,1-2H3. The fourth-order valence-electron chi connectivity index (χ4n) is 2.55. The van der Waals surface area contributed by atoms with Crippen molar-refractivity contribution in [2.24, 2.45) is 5.73 Å². The number of rotatable bonds is 1. The zero-order valence-electron chi connectivity index (χ0n) is 9.09. The molecule has 1 heteroatoms. The van der Waals surface area contributed by atoms with Gasteiger partial charge in [-0.2, -0.15) is 0 Å². The van der Waals surface area contributed by atoms with Crippen LogP contribution in [0.5, 0.6) is 0 Å². The minimum absolute atomic E-state index is 0.385. The lowest BCUT2D eigenvalue weighted by molar-refractivity contribution is 0.610. The van der Waals surface area contributed by atoms with Crippen LogP contribution in [-0.2, 0) is 0 Å². The zero-order valence-corrected chi connectivity index (χ0v) is 9.09. The molecule has 1 aliphatic rings. The molecular formula is C13H19N. The van der Waals surface area contributed by atoms with E-state index in [-0.39, 0.29) is 0 Å². The lowest BCUT2D eigenvalue weighted by Gasteiger charge is -2.19. The molecule has 2 atom stereocenters. The van der Waals surface area contributed by atoms with Crippen LogP contribution in [0.1, 0.15) is 41.9 Å². The van der Waals surface area contributed by atoms with Gasteiger partial charge in [-0.3, -0.25) is 0 Å². The average molecular weight is 189 g/mol. The fraction of sp³-hybridized carbons (Fsp3) is 0.538. The van der Waals surface area contributed by atoms with Crippen LogP contribution in [0.2, 0.25) is 0 Å². The molecular weight excluding hydrogens is 170 g/mol. The smallest absolute Gasteiger partial charge is 0.0108 e. The number of hydrogen-bond acceptors (Lipinski definition) is 1. The first kappa shape index (κ1) is 9.72. The lowest BCUT2D eigenvalue weighted by Crippen LogP contribution is -2.23. The molecule has 0 saturated heterocycles. The topological polar surface area (TPSA) is 26.0 Å². The van der Waals surface area contributed by atoms with Crippen molar-refractivity contribution >= 4 is 0 Å². The van der Waals surface area contributed by atoms with Crippen molar-refractivity contribution in [1.29, 1.82) is 0 Å². The predicted molar refractivity (Wildman–Crippen MR) is 60.5 cm³/mol. The Kier molecular flexibility index (Phi) is 2.60. The van der Waals surface area contributed by atoms with Crippen LogP contribution in [-0.4, -0.2) is 6.04 Å². The van der Waals surface area contributed by atoms with Gasteiger partial charge >= 0.3 is 0 Å². The molecule has 2 unspecified atom stereocenters. The normalized spacial score (nSPS) is 26.8. The molecule has 0 heterocycles. The highest BCUT2D eigenvalue weighted by Gasteiger charge is 2.26. The van der Waals surface area contributed by atoms with Crippen LogP contribution >= 0.6 is 0 Å². The Hall–Kier alpha value is -0.820. The van der Waals surface area contributed by atoms with Gasteiger partial charge in [0.15, 0.2) is 0 Å². The Balaban J connectivity index is 2.36. The first-order valence-corrected chi connectivity index (χ1v) is 5.52. The molecule has 0 aliphatic heterocycles. The molecule has 14 heavy (non-hydrogen) atoms. The number of aryl methyl sites for hydroxylation is 1. The Bertz CT molecular complexity index is 330. The summed E-state index contributed by atoms with van der Waals surface area (Å²) in [7, 11) is 0. The van der Waals surface area contributed by atoms with E-state index < -0.39 is 0 Å². The summed E-state index contributed by atoms with van der Waals surface area (Å²) in [5.41, 5.74) is 10.4. The first-order chi connectivity index (χ1) is 6.70. The molecule has 0 spiro atoms. The molecule has 1 aromatic rings. The van der Waals surface area contributed by atoms with E-state index in [1.54, 1.807) is 0 Å². The Labute approximate surface area is 86.3 Å². The Morgan fingerprint density at radius 3 is 2.64 bits per heavy atom. The van der Waals surface area contributed by atoms with Crippen molar-refractivity contribution < 1.29 is 0 Å². The number of benzene rings is 1. The maximum atomic E-state index is 6.13. The molecule has 1 saturated carbocycles. The molecule has 0 radical (unpaired) electrons. The summed E-state index contributed by atoms with van der Waals surface area (Å²) >= 11 is 0. The summed E-state index contributed by atoms with van der Waals surface area (Å²) < 4.78 is 0. The summed E-state index contributed by atoms with van der Waals surface area (Å²) in [4.78, 5) is 0. The Morgan fingerprint density at radius 1 is 1.21 bits per heavy atom. The van der Waals surface area contributed by atoms with Gasteiger partial charge in [0.2, 0.25) is 0 Å². The van der Waals surface area contributed by atoms with Crippen molar-refractivity contribution in [3.63, 3.8) is 0 Å². The third-order valence-corrected chi connectivity index (χ3v) is 3.62. The van der Waals surface area contributed by atoms with Crippen LogP contribution < -0.4 is 5.73 Å². The second kappa shape index (κ2) is 3.74. The van der Waals surface area contributed by atoms with E-state index in [4.69, 9.17) is 5.73 Å². The van der Waals surface area contributed by atoms with Crippen LogP contribution in [0, 0.1) is 13.8 Å². The Morgan fingerprint density at radius 2 is 2.00 bits per heavy atom. The van der Waals surface area contributed by atoms with Crippen LogP contribution in [0.15, 0.2) is 18.2 Å². The van der Waals surface area contributed by atoms with E-state index >= 15 is 0 Å². The third kappa shape index (κ3) is 1.57. The second-order valence-electron chi connectivity index (χ2n) is 4.49. The van der Waals surface area contributed by atoms with Crippen LogP contribution in [0.3, 0.4) is 0 Å². The van der Waals surface area contributed by atoms with Crippen molar-refractivity contribution in [2.75, 3.05) is 0 Å². The monoisotopic (exact) mass is 189 g/mol.